The summed E-state index contributed by atoms with van der Waals surface area (Å²) in [6, 6.07) is 6.01. The lowest BCUT2D eigenvalue weighted by molar-refractivity contribution is -0.213. The van der Waals surface area contributed by atoms with E-state index in [2.05, 4.69) is 0 Å². The Morgan fingerprint density at radius 2 is 0.820 bits per heavy atom. The second-order valence-electron chi connectivity index (χ2n) is 11.1. The molecule has 0 amide bonds. The highest BCUT2D eigenvalue weighted by Crippen LogP contribution is 2.46. The lowest BCUT2D eigenvalue weighted by Gasteiger charge is -2.41. The quantitative estimate of drug-likeness (QED) is 0.248. The smallest absolute Gasteiger partial charge is 0.303 e. The van der Waals surface area contributed by atoms with Crippen molar-refractivity contribution in [2.45, 2.75) is 89.0 Å². The predicted octanol–water partition coefficient (Wildman–Crippen LogP) is 2.05. The number of esters is 6. The fraction of sp³-hybridized carbons (Fsp3) is 0.500. The zero-order valence-electron chi connectivity index (χ0n) is 27.7. The van der Waals surface area contributed by atoms with Gasteiger partial charge in [-0.05, 0) is 0 Å². The van der Waals surface area contributed by atoms with Gasteiger partial charge in [0, 0.05) is 52.7 Å². The number of carbonyl (C=O) groups is 8. The Hall–Kier alpha value is -4.26. The number of benzene rings is 1. The van der Waals surface area contributed by atoms with Gasteiger partial charge in [0.15, 0.2) is 36.6 Å². The number of rotatable bonds is 10. The van der Waals surface area contributed by atoms with Crippen molar-refractivity contribution in [3.05, 3.63) is 45.2 Å². The van der Waals surface area contributed by atoms with Crippen molar-refractivity contribution in [1.29, 1.82) is 0 Å². The van der Waals surface area contributed by atoms with Crippen LogP contribution in [-0.2, 0) is 66.7 Å². The molecule has 0 saturated carbocycles. The first-order chi connectivity index (χ1) is 23.6. The van der Waals surface area contributed by atoms with Gasteiger partial charge in [0.1, 0.15) is 10.9 Å². The molecule has 2 fully saturated rings. The molecular formula is C32H34O16S2. The zero-order chi connectivity index (χ0) is 36.9. The summed E-state index contributed by atoms with van der Waals surface area (Å²) in [4.78, 5) is 100. The fourth-order valence-electron chi connectivity index (χ4n) is 5.40. The van der Waals surface area contributed by atoms with E-state index in [0.29, 0.717) is 23.5 Å². The molecule has 18 heteroatoms. The third-order valence-corrected chi connectivity index (χ3v) is 9.77. The van der Waals surface area contributed by atoms with Crippen LogP contribution in [0.2, 0.25) is 0 Å². The van der Waals surface area contributed by atoms with E-state index in [9.17, 15) is 38.4 Å². The molecule has 0 spiro atoms. The number of Topliss-reactive ketones (excluding diaryl/α,β-unsaturated/α-hetero) is 2. The molecule has 1 aromatic carbocycles. The number of ether oxygens (including phenoxy) is 8. The molecule has 2 aliphatic heterocycles. The van der Waals surface area contributed by atoms with Crippen molar-refractivity contribution < 1.29 is 76.3 Å². The predicted molar refractivity (Wildman–Crippen MR) is 170 cm³/mol. The Morgan fingerprint density at radius 1 is 0.520 bits per heavy atom. The summed E-state index contributed by atoms with van der Waals surface area (Å²) in [5, 5.41) is 0. The summed E-state index contributed by atoms with van der Waals surface area (Å²) in [5.74, 6) is -5.92. The Balaban J connectivity index is 1.80. The van der Waals surface area contributed by atoms with Crippen molar-refractivity contribution in [1.82, 2.24) is 0 Å². The van der Waals surface area contributed by atoms with Crippen LogP contribution in [0.15, 0.2) is 34.1 Å². The number of allylic oxidation sites excluding steroid dienone is 2. The van der Waals surface area contributed by atoms with Crippen LogP contribution in [0.1, 0.15) is 62.3 Å². The first-order valence-corrected chi connectivity index (χ1v) is 16.9. The van der Waals surface area contributed by atoms with Gasteiger partial charge in [0.2, 0.25) is 11.6 Å². The van der Waals surface area contributed by atoms with Crippen LogP contribution in [0.25, 0.3) is 0 Å². The minimum Gasteiger partial charge on any atom is -0.456 e. The van der Waals surface area contributed by atoms with Crippen LogP contribution >= 0.6 is 23.5 Å². The Kier molecular flexibility index (Phi) is 12.8. The Bertz CT molecular complexity index is 1490. The lowest BCUT2D eigenvalue weighted by atomic mass is 9.94. The summed E-state index contributed by atoms with van der Waals surface area (Å²) in [5.41, 5.74) is -2.48. The minimum absolute atomic E-state index is 0.0485. The molecule has 16 nitrogen and oxygen atoms in total. The van der Waals surface area contributed by atoms with E-state index in [1.54, 1.807) is 12.1 Å². The fourth-order valence-corrected chi connectivity index (χ4v) is 7.97. The third kappa shape index (κ3) is 9.29. The normalized spacial score (nSPS) is 27.7. The molecule has 2 heterocycles. The summed E-state index contributed by atoms with van der Waals surface area (Å²) in [7, 11) is 0. The van der Waals surface area contributed by atoms with Crippen LogP contribution in [0.4, 0.5) is 0 Å². The molecule has 1 aromatic rings. The van der Waals surface area contributed by atoms with Crippen LogP contribution in [-0.4, -0.2) is 108 Å². The molecular weight excluding hydrogens is 704 g/mol. The maximum atomic E-state index is 14.1. The van der Waals surface area contributed by atoms with Crippen molar-refractivity contribution in [3.63, 3.8) is 0 Å². The molecule has 1 unspecified atom stereocenters. The molecule has 0 radical (unpaired) electrons. The minimum atomic E-state index is -1.43. The highest BCUT2D eigenvalue weighted by molar-refractivity contribution is 8.08. The van der Waals surface area contributed by atoms with Crippen LogP contribution < -0.4 is 0 Å². The standard InChI is InChI=1S/C32H34O16S2/c1-13(33)43-21-11-41-31(27(47-17(5)37)25(21)45-15(3)35)49-29-23(39)19-9-7-8-10-20(19)24(40)30(29)50-32-28(48-18(6)38)26(46-16(4)36)22(12-42-32)44-14(2)34/h7-10,21-22,25-28,31-32H,11-12H2,1-6H3/t21-,22-,25+,26+,27-,28?,31+,32+/m1/s1. The summed E-state index contributed by atoms with van der Waals surface area (Å²) >= 11 is 1.38. The van der Waals surface area contributed by atoms with E-state index in [0.717, 1.165) is 41.5 Å². The second kappa shape index (κ2) is 16.6. The van der Waals surface area contributed by atoms with Gasteiger partial charge in [-0.3, -0.25) is 38.4 Å². The van der Waals surface area contributed by atoms with E-state index in [1.807, 2.05) is 0 Å². The maximum Gasteiger partial charge on any atom is 0.303 e. The third-order valence-electron chi connectivity index (χ3n) is 7.11. The zero-order valence-corrected chi connectivity index (χ0v) is 29.3. The average molecular weight is 739 g/mol. The van der Waals surface area contributed by atoms with Crippen LogP contribution in [0.5, 0.6) is 0 Å². The van der Waals surface area contributed by atoms with Gasteiger partial charge >= 0.3 is 35.8 Å². The van der Waals surface area contributed by atoms with Gasteiger partial charge in [0.05, 0.1) is 23.0 Å². The first kappa shape index (κ1) is 38.5. The monoisotopic (exact) mass is 738 g/mol. The molecule has 3 aliphatic rings. The molecule has 1 aliphatic carbocycles. The molecule has 4 rings (SSSR count). The molecule has 0 N–H and O–H groups in total. The lowest BCUT2D eigenvalue weighted by Crippen LogP contribution is -2.56. The number of hydrogen-bond acceptors (Lipinski definition) is 18. The van der Waals surface area contributed by atoms with Gasteiger partial charge in [-0.2, -0.15) is 0 Å². The molecule has 2 saturated heterocycles. The van der Waals surface area contributed by atoms with E-state index < -0.39 is 94.9 Å². The molecule has 270 valence electrons. The molecule has 0 aromatic heterocycles. The molecule has 0 bridgehead atoms. The molecule has 8 atom stereocenters. The highest BCUT2D eigenvalue weighted by Gasteiger charge is 2.51. The van der Waals surface area contributed by atoms with Crippen molar-refractivity contribution in [2.75, 3.05) is 13.2 Å². The topological polar surface area (TPSA) is 210 Å². The maximum absolute atomic E-state index is 14.1. The Morgan fingerprint density at radius 3 is 1.12 bits per heavy atom. The average Bonchev–Trinajstić information content (AvgIpc) is 3.01. The number of thioether (sulfide) groups is 2. The second-order valence-corrected chi connectivity index (χ2v) is 13.3. The van der Waals surface area contributed by atoms with E-state index in [4.69, 9.17) is 37.9 Å². The van der Waals surface area contributed by atoms with Gasteiger partial charge in [-0.1, -0.05) is 47.8 Å². The number of hydrogen-bond donors (Lipinski definition) is 0. The highest BCUT2D eigenvalue weighted by atomic mass is 32.2. The van der Waals surface area contributed by atoms with Crippen LogP contribution in [0.3, 0.4) is 0 Å². The van der Waals surface area contributed by atoms with Crippen molar-refractivity contribution in [2.24, 2.45) is 0 Å². The van der Waals surface area contributed by atoms with Gasteiger partial charge in [0.25, 0.3) is 0 Å². The largest absolute Gasteiger partial charge is 0.456 e. The van der Waals surface area contributed by atoms with Gasteiger partial charge in [-0.15, -0.1) is 0 Å². The summed E-state index contributed by atoms with van der Waals surface area (Å²) in [6.07, 6.45) is -7.96. The SMILES string of the molecule is CC(=O)OC1[C@@H](OC(C)=O)[C@H](OC(C)=O)CO[C@H]1SC1=C(S[C@@H]2OC[C@@H](OC(C)=O)[C@H](OC(C)=O)[C@H]2OC(C)=O)C(=O)c2ccccc2C1=O. The summed E-state index contributed by atoms with van der Waals surface area (Å²) < 4.78 is 44.2. The van der Waals surface area contributed by atoms with Gasteiger partial charge < -0.3 is 37.9 Å². The van der Waals surface area contributed by atoms with Crippen molar-refractivity contribution in [3.8, 4) is 0 Å². The van der Waals surface area contributed by atoms with E-state index in [-0.39, 0.29) is 34.2 Å². The Labute approximate surface area is 294 Å². The molecule has 50 heavy (non-hydrogen) atoms. The van der Waals surface area contributed by atoms with Crippen molar-refractivity contribution >= 4 is 70.9 Å². The number of ketones is 2. The van der Waals surface area contributed by atoms with E-state index >= 15 is 0 Å². The number of carbonyl (C=O) groups excluding carboxylic acids is 8. The van der Waals surface area contributed by atoms with Crippen LogP contribution in [0, 0.1) is 0 Å². The van der Waals surface area contributed by atoms with Gasteiger partial charge in [-0.25, -0.2) is 0 Å². The summed E-state index contributed by atoms with van der Waals surface area (Å²) in [6.45, 7) is 5.95. The number of fused-ring (bicyclic) bond motifs is 1. The van der Waals surface area contributed by atoms with E-state index in [1.165, 1.54) is 12.1 Å². The first-order valence-electron chi connectivity index (χ1n) is 15.1.